The summed E-state index contributed by atoms with van der Waals surface area (Å²) in [5.74, 6) is -2.02. The van der Waals surface area contributed by atoms with E-state index >= 15 is 0 Å². The molecule has 0 bridgehead atoms. The van der Waals surface area contributed by atoms with Crippen molar-refractivity contribution in [1.29, 1.82) is 0 Å². The molecular weight excluding hydrogens is 231 g/mol. The van der Waals surface area contributed by atoms with E-state index in [9.17, 15) is 14.3 Å². The Morgan fingerprint density at radius 3 is 2.59 bits per heavy atom. The summed E-state index contributed by atoms with van der Waals surface area (Å²) in [5, 5.41) is 18.2. The van der Waals surface area contributed by atoms with Crippen molar-refractivity contribution in [2.45, 2.75) is 12.7 Å². The first-order valence-corrected chi connectivity index (χ1v) is 4.78. The third kappa shape index (κ3) is 2.72. The summed E-state index contributed by atoms with van der Waals surface area (Å²) >= 11 is 0. The number of carboxylic acids is 1. The molecule has 0 aliphatic carbocycles. The Hall–Kier alpha value is -1.66. The minimum atomic E-state index is -1.76. The second-order valence-corrected chi connectivity index (χ2v) is 3.32. The van der Waals surface area contributed by atoms with Gasteiger partial charge in [0.2, 0.25) is 0 Å². The quantitative estimate of drug-likeness (QED) is 0.811. The molecule has 0 aliphatic rings. The van der Waals surface area contributed by atoms with Crippen LogP contribution >= 0.6 is 0 Å². The third-order valence-corrected chi connectivity index (χ3v) is 2.26. The zero-order chi connectivity index (χ0) is 13.0. The monoisotopic (exact) mass is 244 g/mol. The highest BCUT2D eigenvalue weighted by atomic mass is 19.1. The lowest BCUT2D eigenvalue weighted by atomic mass is 10.0. The van der Waals surface area contributed by atoms with Gasteiger partial charge in [0.05, 0.1) is 19.3 Å². The van der Waals surface area contributed by atoms with Gasteiger partial charge in [-0.2, -0.15) is 0 Å². The predicted octanol–water partition coefficient (Wildman–Crippen LogP) is 1.10. The van der Waals surface area contributed by atoms with E-state index in [1.807, 2.05) is 0 Å². The predicted molar refractivity (Wildman–Crippen MR) is 56.3 cm³/mol. The standard InChI is InChI=1S/C11H13FO5/c1-16-5-7-8(12)4-3-6(10(7)17-2)9(13)11(14)15/h3-4,9,13H,5H2,1-2H3,(H,14,15). The van der Waals surface area contributed by atoms with Crippen LogP contribution in [0.5, 0.6) is 5.75 Å². The van der Waals surface area contributed by atoms with Crippen molar-refractivity contribution < 1.29 is 28.9 Å². The molecule has 0 amide bonds. The molecule has 0 heterocycles. The minimum absolute atomic E-state index is 0.00606. The van der Waals surface area contributed by atoms with E-state index in [2.05, 4.69) is 0 Å². The van der Waals surface area contributed by atoms with Gasteiger partial charge in [0.1, 0.15) is 11.6 Å². The van der Waals surface area contributed by atoms with Crippen molar-refractivity contribution in [3.63, 3.8) is 0 Å². The summed E-state index contributed by atoms with van der Waals surface area (Å²) < 4.78 is 23.2. The summed E-state index contributed by atoms with van der Waals surface area (Å²) in [6.07, 6.45) is -1.76. The van der Waals surface area contributed by atoms with Crippen LogP contribution in [0.15, 0.2) is 12.1 Å². The van der Waals surface area contributed by atoms with E-state index in [4.69, 9.17) is 14.6 Å². The lowest BCUT2D eigenvalue weighted by Gasteiger charge is -2.15. The molecule has 0 saturated carbocycles. The van der Waals surface area contributed by atoms with Crippen LogP contribution < -0.4 is 4.74 Å². The summed E-state index contributed by atoms with van der Waals surface area (Å²) in [4.78, 5) is 10.7. The van der Waals surface area contributed by atoms with Gasteiger partial charge < -0.3 is 19.7 Å². The first-order valence-electron chi connectivity index (χ1n) is 4.78. The number of rotatable bonds is 5. The SMILES string of the molecule is COCc1c(F)ccc(C(O)C(=O)O)c1OC. The minimum Gasteiger partial charge on any atom is -0.496 e. The van der Waals surface area contributed by atoms with Crippen molar-refractivity contribution in [2.75, 3.05) is 14.2 Å². The molecule has 1 rings (SSSR count). The van der Waals surface area contributed by atoms with Crippen LogP contribution in [-0.4, -0.2) is 30.4 Å². The van der Waals surface area contributed by atoms with Gasteiger partial charge in [-0.05, 0) is 12.1 Å². The van der Waals surface area contributed by atoms with E-state index < -0.39 is 17.9 Å². The van der Waals surface area contributed by atoms with Gasteiger partial charge in [-0.25, -0.2) is 9.18 Å². The number of carboxylic acid groups (broad SMARTS) is 1. The Labute approximate surface area is 97.4 Å². The van der Waals surface area contributed by atoms with Gasteiger partial charge in [0, 0.05) is 12.7 Å². The van der Waals surface area contributed by atoms with E-state index in [-0.39, 0.29) is 23.5 Å². The molecule has 1 aromatic carbocycles. The van der Waals surface area contributed by atoms with Crippen LogP contribution in [0.25, 0.3) is 0 Å². The zero-order valence-electron chi connectivity index (χ0n) is 9.44. The lowest BCUT2D eigenvalue weighted by Crippen LogP contribution is -2.13. The summed E-state index contributed by atoms with van der Waals surface area (Å²) in [7, 11) is 2.64. The number of aliphatic hydroxyl groups excluding tert-OH is 1. The van der Waals surface area contributed by atoms with E-state index in [1.165, 1.54) is 20.3 Å². The molecule has 0 radical (unpaired) electrons. The summed E-state index contributed by atoms with van der Waals surface area (Å²) in [6, 6.07) is 2.24. The Morgan fingerprint density at radius 1 is 1.47 bits per heavy atom. The topological polar surface area (TPSA) is 76.0 Å². The van der Waals surface area contributed by atoms with Crippen LogP contribution in [0.3, 0.4) is 0 Å². The maximum absolute atomic E-state index is 13.5. The molecular formula is C11H13FO5. The number of aliphatic hydroxyl groups is 1. The Bertz CT molecular complexity index is 419. The number of methoxy groups -OCH3 is 2. The van der Waals surface area contributed by atoms with E-state index in [0.29, 0.717) is 0 Å². The fourth-order valence-electron chi connectivity index (χ4n) is 1.49. The van der Waals surface area contributed by atoms with Gasteiger partial charge >= 0.3 is 5.97 Å². The van der Waals surface area contributed by atoms with Crippen LogP contribution in [0.2, 0.25) is 0 Å². The third-order valence-electron chi connectivity index (χ3n) is 2.26. The normalized spacial score (nSPS) is 12.2. The highest BCUT2D eigenvalue weighted by molar-refractivity contribution is 5.75. The second kappa shape index (κ2) is 5.60. The molecule has 94 valence electrons. The molecule has 0 aliphatic heterocycles. The fraction of sp³-hybridized carbons (Fsp3) is 0.364. The first kappa shape index (κ1) is 13.4. The molecule has 0 fully saturated rings. The Kier molecular flexibility index (Phi) is 4.42. The van der Waals surface area contributed by atoms with E-state index in [1.54, 1.807) is 0 Å². The number of benzene rings is 1. The largest absolute Gasteiger partial charge is 0.496 e. The number of hydrogen-bond acceptors (Lipinski definition) is 4. The molecule has 0 saturated heterocycles. The van der Waals surface area contributed by atoms with Crippen LogP contribution in [0, 0.1) is 5.82 Å². The maximum Gasteiger partial charge on any atom is 0.337 e. The van der Waals surface area contributed by atoms with Gasteiger partial charge in [-0.3, -0.25) is 0 Å². The number of aliphatic carboxylic acids is 1. The first-order chi connectivity index (χ1) is 8.02. The average Bonchev–Trinajstić information content (AvgIpc) is 2.30. The Balaban J connectivity index is 3.32. The number of halogens is 1. The van der Waals surface area contributed by atoms with Gasteiger partial charge in [-0.15, -0.1) is 0 Å². The highest BCUT2D eigenvalue weighted by Crippen LogP contribution is 2.31. The second-order valence-electron chi connectivity index (χ2n) is 3.32. The molecule has 1 atom stereocenters. The summed E-state index contributed by atoms with van der Waals surface area (Å²) in [5.41, 5.74) is 0.0706. The zero-order valence-corrected chi connectivity index (χ0v) is 9.44. The van der Waals surface area contributed by atoms with Crippen LogP contribution in [0.1, 0.15) is 17.2 Å². The number of ether oxygens (including phenoxy) is 2. The van der Waals surface area contributed by atoms with Crippen molar-refractivity contribution in [3.8, 4) is 5.75 Å². The molecule has 5 nitrogen and oxygen atoms in total. The average molecular weight is 244 g/mol. The van der Waals surface area contributed by atoms with Gasteiger partial charge in [0.15, 0.2) is 6.10 Å². The van der Waals surface area contributed by atoms with Crippen molar-refractivity contribution >= 4 is 5.97 Å². The van der Waals surface area contributed by atoms with Gasteiger partial charge in [0.25, 0.3) is 0 Å². The molecule has 0 aromatic heterocycles. The van der Waals surface area contributed by atoms with E-state index in [0.717, 1.165) is 6.07 Å². The van der Waals surface area contributed by atoms with Crippen LogP contribution in [-0.2, 0) is 16.1 Å². The van der Waals surface area contributed by atoms with Crippen molar-refractivity contribution in [2.24, 2.45) is 0 Å². The molecule has 6 heteroatoms. The molecule has 0 spiro atoms. The molecule has 2 N–H and O–H groups in total. The van der Waals surface area contributed by atoms with Gasteiger partial charge in [-0.1, -0.05) is 0 Å². The fourth-order valence-corrected chi connectivity index (χ4v) is 1.49. The smallest absolute Gasteiger partial charge is 0.337 e. The molecule has 1 unspecified atom stereocenters. The lowest BCUT2D eigenvalue weighted by molar-refractivity contribution is -0.147. The van der Waals surface area contributed by atoms with Crippen LogP contribution in [0.4, 0.5) is 4.39 Å². The van der Waals surface area contributed by atoms with Crippen molar-refractivity contribution in [1.82, 2.24) is 0 Å². The molecule has 17 heavy (non-hydrogen) atoms. The highest BCUT2D eigenvalue weighted by Gasteiger charge is 2.24. The molecule has 1 aromatic rings. The van der Waals surface area contributed by atoms with Crippen molar-refractivity contribution in [3.05, 3.63) is 29.1 Å². The summed E-state index contributed by atoms with van der Waals surface area (Å²) in [6.45, 7) is -0.0742. The maximum atomic E-state index is 13.5. The number of carbonyl (C=O) groups is 1. The number of hydrogen-bond donors (Lipinski definition) is 2. The Morgan fingerprint density at radius 2 is 2.12 bits per heavy atom.